The second-order valence-electron chi connectivity index (χ2n) is 8.50. The number of carbonyl (C=O) groups excluding carboxylic acids is 2. The molecule has 1 fully saturated rings. The monoisotopic (exact) mass is 421 g/mol. The van der Waals surface area contributed by atoms with Crippen molar-refractivity contribution in [2.45, 2.75) is 39.3 Å². The molecule has 1 aromatic heterocycles. The van der Waals surface area contributed by atoms with E-state index in [1.54, 1.807) is 18.2 Å². The number of hydrogen-bond acceptors (Lipinski definition) is 2. The van der Waals surface area contributed by atoms with Gasteiger partial charge in [-0.2, -0.15) is 0 Å². The molecule has 6 heteroatoms. The summed E-state index contributed by atoms with van der Waals surface area (Å²) in [4.78, 5) is 27.5. The molecule has 1 N–H and O–H groups in total. The van der Waals surface area contributed by atoms with Crippen molar-refractivity contribution >= 4 is 22.7 Å². The number of nitrogens with one attached hydrogen (secondary N) is 1. The van der Waals surface area contributed by atoms with Crippen LogP contribution < -0.4 is 5.32 Å². The van der Waals surface area contributed by atoms with Gasteiger partial charge in [-0.05, 0) is 44.9 Å². The summed E-state index contributed by atoms with van der Waals surface area (Å²) in [5, 5.41) is 3.92. The molecule has 5 nitrogen and oxygen atoms in total. The Morgan fingerprint density at radius 3 is 2.45 bits per heavy atom. The summed E-state index contributed by atoms with van der Waals surface area (Å²) in [5.41, 5.74) is 2.00. The molecular formula is C25H28FN3O2. The summed E-state index contributed by atoms with van der Waals surface area (Å²) in [6.07, 6.45) is 1.30. The first kappa shape index (κ1) is 21.1. The molecule has 2 heterocycles. The molecule has 0 atom stereocenters. The van der Waals surface area contributed by atoms with Crippen LogP contribution in [0.2, 0.25) is 0 Å². The predicted octanol–water partition coefficient (Wildman–Crippen LogP) is 4.21. The van der Waals surface area contributed by atoms with E-state index >= 15 is 0 Å². The van der Waals surface area contributed by atoms with E-state index in [1.165, 1.54) is 6.07 Å². The van der Waals surface area contributed by atoms with Crippen LogP contribution in [0.4, 0.5) is 4.39 Å². The first-order valence-electron chi connectivity index (χ1n) is 10.9. The first-order chi connectivity index (χ1) is 14.9. The Bertz CT molecular complexity index is 1100. The van der Waals surface area contributed by atoms with Crippen LogP contribution in [0.15, 0.2) is 54.6 Å². The van der Waals surface area contributed by atoms with Crippen molar-refractivity contribution in [2.24, 2.45) is 5.92 Å². The smallest absolute Gasteiger partial charge is 0.270 e. The molecule has 4 rings (SSSR count). The van der Waals surface area contributed by atoms with Gasteiger partial charge < -0.3 is 14.8 Å². The Morgan fingerprint density at radius 2 is 1.74 bits per heavy atom. The van der Waals surface area contributed by atoms with Gasteiger partial charge in [-0.15, -0.1) is 0 Å². The van der Waals surface area contributed by atoms with Gasteiger partial charge >= 0.3 is 0 Å². The predicted molar refractivity (Wildman–Crippen MR) is 119 cm³/mol. The van der Waals surface area contributed by atoms with Crippen LogP contribution >= 0.6 is 0 Å². The van der Waals surface area contributed by atoms with Gasteiger partial charge in [0.05, 0.1) is 6.54 Å². The standard InChI is InChI=1S/C25H28FN3O2/c1-17(2)27-24(30)18-11-13-28(14-12-18)25(31)23-15-19-7-4-6-10-22(19)29(23)16-20-8-3-5-9-21(20)26/h3-10,15,17-18H,11-14,16H2,1-2H3,(H,27,30). The maximum absolute atomic E-state index is 14.3. The fraction of sp³-hybridized carbons (Fsp3) is 0.360. The molecule has 3 aromatic rings. The molecule has 2 amide bonds. The Kier molecular flexibility index (Phi) is 6.07. The molecule has 0 saturated carbocycles. The Balaban J connectivity index is 1.57. The maximum Gasteiger partial charge on any atom is 0.270 e. The Labute approximate surface area is 181 Å². The average molecular weight is 422 g/mol. The van der Waals surface area contributed by atoms with Crippen LogP contribution in [0, 0.1) is 11.7 Å². The Morgan fingerprint density at radius 1 is 1.06 bits per heavy atom. The molecule has 31 heavy (non-hydrogen) atoms. The molecule has 0 aliphatic carbocycles. The molecule has 162 valence electrons. The third-order valence-electron chi connectivity index (χ3n) is 5.90. The van der Waals surface area contributed by atoms with E-state index in [-0.39, 0.29) is 36.1 Å². The molecule has 1 aliphatic rings. The highest BCUT2D eigenvalue weighted by Gasteiger charge is 2.29. The summed E-state index contributed by atoms with van der Waals surface area (Å²) >= 11 is 0. The summed E-state index contributed by atoms with van der Waals surface area (Å²) in [5.74, 6) is -0.350. The van der Waals surface area contributed by atoms with Crippen LogP contribution in [-0.2, 0) is 11.3 Å². The molecule has 1 saturated heterocycles. The number of carbonyl (C=O) groups is 2. The van der Waals surface area contributed by atoms with Gasteiger partial charge in [-0.3, -0.25) is 9.59 Å². The second kappa shape index (κ2) is 8.92. The highest BCUT2D eigenvalue weighted by molar-refractivity contribution is 5.99. The summed E-state index contributed by atoms with van der Waals surface area (Å²) < 4.78 is 16.2. The Hall–Kier alpha value is -3.15. The number of aromatic nitrogens is 1. The number of likely N-dealkylation sites (tertiary alicyclic amines) is 1. The van der Waals surface area contributed by atoms with Gasteiger partial charge in [0, 0.05) is 41.5 Å². The minimum absolute atomic E-state index is 0.0595. The number of benzene rings is 2. The van der Waals surface area contributed by atoms with Gasteiger partial charge in [0.25, 0.3) is 5.91 Å². The molecule has 2 aromatic carbocycles. The number of halogens is 1. The van der Waals surface area contributed by atoms with E-state index in [4.69, 9.17) is 0 Å². The van der Waals surface area contributed by atoms with Crippen molar-refractivity contribution in [3.05, 3.63) is 71.7 Å². The third kappa shape index (κ3) is 4.48. The third-order valence-corrected chi connectivity index (χ3v) is 5.90. The number of nitrogens with zero attached hydrogens (tertiary/aromatic N) is 2. The molecular weight excluding hydrogens is 393 g/mol. The van der Waals surface area contributed by atoms with Gasteiger partial charge in [-0.1, -0.05) is 36.4 Å². The lowest BCUT2D eigenvalue weighted by atomic mass is 9.95. The number of fused-ring (bicyclic) bond motifs is 1. The van der Waals surface area contributed by atoms with Gasteiger partial charge in [0.15, 0.2) is 0 Å². The van der Waals surface area contributed by atoms with Crippen LogP contribution in [0.1, 0.15) is 42.7 Å². The van der Waals surface area contributed by atoms with Crippen molar-refractivity contribution in [1.82, 2.24) is 14.8 Å². The quantitative estimate of drug-likeness (QED) is 0.671. The van der Waals surface area contributed by atoms with E-state index in [1.807, 2.05) is 53.6 Å². The SMILES string of the molecule is CC(C)NC(=O)C1CCN(C(=O)c2cc3ccccc3n2Cc2ccccc2F)CC1. The van der Waals surface area contributed by atoms with Crippen molar-refractivity contribution < 1.29 is 14.0 Å². The van der Waals surface area contributed by atoms with Crippen LogP contribution in [0.25, 0.3) is 10.9 Å². The number of rotatable bonds is 5. The zero-order valence-electron chi connectivity index (χ0n) is 18.0. The number of para-hydroxylation sites is 1. The molecule has 0 bridgehead atoms. The number of hydrogen-bond donors (Lipinski definition) is 1. The maximum atomic E-state index is 14.3. The van der Waals surface area contributed by atoms with Crippen molar-refractivity contribution in [3.63, 3.8) is 0 Å². The van der Waals surface area contributed by atoms with Crippen molar-refractivity contribution in [3.8, 4) is 0 Å². The molecule has 1 aliphatic heterocycles. The van der Waals surface area contributed by atoms with E-state index < -0.39 is 0 Å². The number of amides is 2. The van der Waals surface area contributed by atoms with Crippen molar-refractivity contribution in [1.29, 1.82) is 0 Å². The van der Waals surface area contributed by atoms with Crippen LogP contribution in [0.5, 0.6) is 0 Å². The normalized spacial score (nSPS) is 14.9. The zero-order valence-corrected chi connectivity index (χ0v) is 18.0. The molecule has 0 unspecified atom stereocenters. The highest BCUT2D eigenvalue weighted by atomic mass is 19.1. The molecule has 0 spiro atoms. The van der Waals surface area contributed by atoms with Gasteiger partial charge in [0.1, 0.15) is 11.5 Å². The van der Waals surface area contributed by atoms with Gasteiger partial charge in [0.2, 0.25) is 5.91 Å². The second-order valence-corrected chi connectivity index (χ2v) is 8.50. The lowest BCUT2D eigenvalue weighted by Crippen LogP contribution is -2.44. The van der Waals surface area contributed by atoms with E-state index in [9.17, 15) is 14.0 Å². The van der Waals surface area contributed by atoms with E-state index in [0.717, 1.165) is 10.9 Å². The summed E-state index contributed by atoms with van der Waals surface area (Å²) in [6, 6.07) is 16.4. The minimum Gasteiger partial charge on any atom is -0.354 e. The fourth-order valence-electron chi connectivity index (χ4n) is 4.26. The topological polar surface area (TPSA) is 54.3 Å². The van der Waals surface area contributed by atoms with Crippen LogP contribution in [-0.4, -0.2) is 40.4 Å². The summed E-state index contributed by atoms with van der Waals surface area (Å²) in [7, 11) is 0. The summed E-state index contributed by atoms with van der Waals surface area (Å²) in [6.45, 7) is 5.26. The zero-order chi connectivity index (χ0) is 22.0. The lowest BCUT2D eigenvalue weighted by molar-refractivity contribution is -0.126. The van der Waals surface area contributed by atoms with Crippen LogP contribution in [0.3, 0.4) is 0 Å². The van der Waals surface area contributed by atoms with Crippen molar-refractivity contribution in [2.75, 3.05) is 13.1 Å². The van der Waals surface area contributed by atoms with E-state index in [2.05, 4.69) is 5.32 Å². The minimum atomic E-state index is -0.282. The van der Waals surface area contributed by atoms with E-state index in [0.29, 0.717) is 37.2 Å². The average Bonchev–Trinajstić information content (AvgIpc) is 3.13. The molecule has 0 radical (unpaired) electrons. The largest absolute Gasteiger partial charge is 0.354 e. The first-order valence-corrected chi connectivity index (χ1v) is 10.9. The lowest BCUT2D eigenvalue weighted by Gasteiger charge is -2.32. The fourth-order valence-corrected chi connectivity index (χ4v) is 4.26. The van der Waals surface area contributed by atoms with Gasteiger partial charge in [-0.25, -0.2) is 4.39 Å². The number of piperidine rings is 1. The highest BCUT2D eigenvalue weighted by Crippen LogP contribution is 2.25.